The third-order valence-electron chi connectivity index (χ3n) is 3.09. The standard InChI is InChI=1S/C16H20N2O5/c1-11-3-5-12(6-4-11)7-9-14(19)17-13(16(21)23-2)8-10-15(20)18-22/h3-7,9,13,22H,8,10H2,1-2H3,(H,17,19)(H,18,20)/t13-/m0/s1. The van der Waals surface area contributed by atoms with E-state index in [2.05, 4.69) is 10.1 Å². The molecule has 7 nitrogen and oxygen atoms in total. The number of methoxy groups -OCH3 is 1. The van der Waals surface area contributed by atoms with Crippen molar-refractivity contribution in [3.63, 3.8) is 0 Å². The number of rotatable bonds is 7. The molecule has 0 spiro atoms. The molecule has 0 aliphatic rings. The molecule has 1 aromatic carbocycles. The van der Waals surface area contributed by atoms with Gasteiger partial charge in [0.1, 0.15) is 6.04 Å². The number of hydroxylamine groups is 1. The van der Waals surface area contributed by atoms with Crippen LogP contribution in [-0.2, 0) is 19.1 Å². The molecule has 3 N–H and O–H groups in total. The Morgan fingerprint density at radius 2 is 1.91 bits per heavy atom. The maximum atomic E-state index is 11.9. The van der Waals surface area contributed by atoms with Gasteiger partial charge in [0.2, 0.25) is 11.8 Å². The fourth-order valence-electron chi connectivity index (χ4n) is 1.79. The van der Waals surface area contributed by atoms with E-state index in [-0.39, 0.29) is 12.8 Å². The summed E-state index contributed by atoms with van der Waals surface area (Å²) in [5, 5.41) is 10.9. The second-order valence-corrected chi connectivity index (χ2v) is 4.90. The van der Waals surface area contributed by atoms with E-state index in [1.807, 2.05) is 31.2 Å². The molecule has 0 radical (unpaired) electrons. The topological polar surface area (TPSA) is 105 Å². The predicted octanol–water partition coefficient (Wildman–Crippen LogP) is 0.952. The van der Waals surface area contributed by atoms with E-state index in [1.54, 1.807) is 6.08 Å². The van der Waals surface area contributed by atoms with Crippen molar-refractivity contribution in [2.75, 3.05) is 7.11 Å². The summed E-state index contributed by atoms with van der Waals surface area (Å²) in [6, 6.07) is 6.60. The van der Waals surface area contributed by atoms with Crippen LogP contribution in [0.25, 0.3) is 6.08 Å². The number of amides is 2. The molecule has 0 aliphatic carbocycles. The molecule has 0 saturated heterocycles. The SMILES string of the molecule is COC(=O)[C@H](CCC(=O)NO)NC(=O)C=Cc1ccc(C)cc1. The van der Waals surface area contributed by atoms with Crippen molar-refractivity contribution < 1.29 is 24.3 Å². The van der Waals surface area contributed by atoms with Crippen molar-refractivity contribution in [3.05, 3.63) is 41.5 Å². The number of carbonyl (C=O) groups excluding carboxylic acids is 3. The van der Waals surface area contributed by atoms with Crippen molar-refractivity contribution in [3.8, 4) is 0 Å². The van der Waals surface area contributed by atoms with Crippen LogP contribution in [0.1, 0.15) is 24.0 Å². The molecule has 2 amide bonds. The van der Waals surface area contributed by atoms with Crippen molar-refractivity contribution in [2.45, 2.75) is 25.8 Å². The van der Waals surface area contributed by atoms with E-state index in [0.717, 1.165) is 11.1 Å². The fraction of sp³-hybridized carbons (Fsp3) is 0.312. The van der Waals surface area contributed by atoms with Crippen molar-refractivity contribution in [1.29, 1.82) is 0 Å². The Hall–Kier alpha value is -2.67. The lowest BCUT2D eigenvalue weighted by atomic mass is 10.1. The van der Waals surface area contributed by atoms with Gasteiger partial charge in [-0.15, -0.1) is 0 Å². The highest BCUT2D eigenvalue weighted by molar-refractivity contribution is 5.94. The van der Waals surface area contributed by atoms with Crippen LogP contribution in [0.5, 0.6) is 0 Å². The summed E-state index contributed by atoms with van der Waals surface area (Å²) in [6.45, 7) is 1.96. The zero-order chi connectivity index (χ0) is 17.2. The number of benzene rings is 1. The van der Waals surface area contributed by atoms with Crippen molar-refractivity contribution >= 4 is 23.9 Å². The smallest absolute Gasteiger partial charge is 0.328 e. The van der Waals surface area contributed by atoms with Crippen molar-refractivity contribution in [2.24, 2.45) is 0 Å². The Morgan fingerprint density at radius 3 is 2.48 bits per heavy atom. The molecule has 0 unspecified atom stereocenters. The zero-order valence-corrected chi connectivity index (χ0v) is 13.0. The molecule has 0 aromatic heterocycles. The van der Waals surface area contributed by atoms with E-state index >= 15 is 0 Å². The first-order valence-corrected chi connectivity index (χ1v) is 7.02. The van der Waals surface area contributed by atoms with Crippen LogP contribution in [0.3, 0.4) is 0 Å². The number of aryl methyl sites for hydroxylation is 1. The van der Waals surface area contributed by atoms with Crippen LogP contribution in [0, 0.1) is 6.92 Å². The molecule has 1 rings (SSSR count). The van der Waals surface area contributed by atoms with Crippen LogP contribution in [0.15, 0.2) is 30.3 Å². The average molecular weight is 320 g/mol. The van der Waals surface area contributed by atoms with E-state index in [9.17, 15) is 14.4 Å². The van der Waals surface area contributed by atoms with E-state index in [0.29, 0.717) is 0 Å². The highest BCUT2D eigenvalue weighted by Crippen LogP contribution is 2.05. The number of nitrogens with one attached hydrogen (secondary N) is 2. The molecule has 124 valence electrons. The monoisotopic (exact) mass is 320 g/mol. The molecule has 7 heteroatoms. The second kappa shape index (κ2) is 9.37. The lowest BCUT2D eigenvalue weighted by molar-refractivity contribution is -0.145. The Balaban J connectivity index is 2.63. The van der Waals surface area contributed by atoms with E-state index in [1.165, 1.54) is 18.7 Å². The molecule has 0 saturated carbocycles. The maximum absolute atomic E-state index is 11.9. The van der Waals surface area contributed by atoms with Gasteiger partial charge in [0.25, 0.3) is 0 Å². The molecule has 0 heterocycles. The lowest BCUT2D eigenvalue weighted by Gasteiger charge is -2.14. The molecule has 0 fully saturated rings. The molecular weight excluding hydrogens is 300 g/mol. The largest absolute Gasteiger partial charge is 0.467 e. The summed E-state index contributed by atoms with van der Waals surface area (Å²) in [4.78, 5) is 34.5. The number of hydrogen-bond acceptors (Lipinski definition) is 5. The Bertz CT molecular complexity index is 581. The van der Waals surface area contributed by atoms with Gasteiger partial charge in [0.15, 0.2) is 0 Å². The third kappa shape index (κ3) is 6.75. The molecule has 23 heavy (non-hydrogen) atoms. The summed E-state index contributed by atoms with van der Waals surface area (Å²) in [5.41, 5.74) is 3.42. The van der Waals surface area contributed by atoms with Gasteiger partial charge in [0, 0.05) is 12.5 Å². The average Bonchev–Trinajstić information content (AvgIpc) is 2.56. The molecule has 0 bridgehead atoms. The number of carbonyl (C=O) groups is 3. The van der Waals surface area contributed by atoms with Gasteiger partial charge in [-0.1, -0.05) is 29.8 Å². The van der Waals surface area contributed by atoms with Crippen LogP contribution in [0.2, 0.25) is 0 Å². The van der Waals surface area contributed by atoms with Gasteiger partial charge >= 0.3 is 5.97 Å². The Kier molecular flexibility index (Phi) is 7.49. The summed E-state index contributed by atoms with van der Waals surface area (Å²) in [5.74, 6) is -1.79. The predicted molar refractivity (Wildman–Crippen MR) is 83.3 cm³/mol. The summed E-state index contributed by atoms with van der Waals surface area (Å²) in [7, 11) is 1.19. The summed E-state index contributed by atoms with van der Waals surface area (Å²) in [6.07, 6.45) is 2.80. The minimum absolute atomic E-state index is 0.0170. The Morgan fingerprint density at radius 1 is 1.26 bits per heavy atom. The van der Waals surface area contributed by atoms with Gasteiger partial charge in [-0.05, 0) is 25.0 Å². The second-order valence-electron chi connectivity index (χ2n) is 4.90. The minimum Gasteiger partial charge on any atom is -0.467 e. The summed E-state index contributed by atoms with van der Waals surface area (Å²) < 4.78 is 4.58. The van der Waals surface area contributed by atoms with Crippen LogP contribution < -0.4 is 10.8 Å². The van der Waals surface area contributed by atoms with Gasteiger partial charge in [-0.3, -0.25) is 14.8 Å². The first kappa shape index (κ1) is 18.4. The quantitative estimate of drug-likeness (QED) is 0.300. The third-order valence-corrected chi connectivity index (χ3v) is 3.09. The minimum atomic E-state index is -0.965. The van der Waals surface area contributed by atoms with Crippen LogP contribution in [0.4, 0.5) is 0 Å². The van der Waals surface area contributed by atoms with Gasteiger partial charge in [0.05, 0.1) is 7.11 Å². The fourth-order valence-corrected chi connectivity index (χ4v) is 1.79. The van der Waals surface area contributed by atoms with E-state index < -0.39 is 23.8 Å². The molecular formula is C16H20N2O5. The maximum Gasteiger partial charge on any atom is 0.328 e. The number of esters is 1. The first-order chi connectivity index (χ1) is 11.0. The molecule has 1 atom stereocenters. The lowest BCUT2D eigenvalue weighted by Crippen LogP contribution is -2.41. The van der Waals surface area contributed by atoms with E-state index in [4.69, 9.17) is 5.21 Å². The van der Waals surface area contributed by atoms with Gasteiger partial charge in [-0.25, -0.2) is 10.3 Å². The van der Waals surface area contributed by atoms with Gasteiger partial charge < -0.3 is 10.1 Å². The first-order valence-electron chi connectivity index (χ1n) is 7.02. The van der Waals surface area contributed by atoms with Gasteiger partial charge in [-0.2, -0.15) is 0 Å². The zero-order valence-electron chi connectivity index (χ0n) is 13.0. The normalized spacial score (nSPS) is 11.8. The number of ether oxygens (including phenoxy) is 1. The summed E-state index contributed by atoms with van der Waals surface area (Å²) >= 11 is 0. The molecule has 0 aliphatic heterocycles. The van der Waals surface area contributed by atoms with Crippen molar-refractivity contribution in [1.82, 2.24) is 10.8 Å². The van der Waals surface area contributed by atoms with Crippen LogP contribution >= 0.6 is 0 Å². The Labute approximate surface area is 134 Å². The van der Waals surface area contributed by atoms with Crippen LogP contribution in [-0.4, -0.2) is 36.1 Å². The highest BCUT2D eigenvalue weighted by atomic mass is 16.5. The number of hydrogen-bond donors (Lipinski definition) is 3. The molecule has 1 aromatic rings. The highest BCUT2D eigenvalue weighted by Gasteiger charge is 2.21.